The van der Waals surface area contributed by atoms with Gasteiger partial charge in [-0.15, -0.1) is 0 Å². The Bertz CT molecular complexity index is 923. The molecule has 0 aliphatic carbocycles. The van der Waals surface area contributed by atoms with Crippen molar-refractivity contribution in [3.05, 3.63) is 71.7 Å². The molecule has 0 aliphatic heterocycles. The first-order valence-corrected chi connectivity index (χ1v) is 8.18. The number of nitrogens with one attached hydrogen (secondary N) is 2. The molecule has 1 amide bonds. The second kappa shape index (κ2) is 7.65. The molecule has 0 fully saturated rings. The zero-order valence-electron chi connectivity index (χ0n) is 14.9. The van der Waals surface area contributed by atoms with Gasteiger partial charge in [0.2, 0.25) is 0 Å². The van der Waals surface area contributed by atoms with Gasteiger partial charge in [-0.25, -0.2) is 9.97 Å². The highest BCUT2D eigenvalue weighted by Crippen LogP contribution is 2.19. The fourth-order valence-electron chi connectivity index (χ4n) is 2.49. The van der Waals surface area contributed by atoms with E-state index < -0.39 is 0 Å². The first-order valence-electron chi connectivity index (χ1n) is 8.18. The summed E-state index contributed by atoms with van der Waals surface area (Å²) in [7, 11) is 1.62. The summed E-state index contributed by atoms with van der Waals surface area (Å²) in [6.07, 6.45) is 0. The molecular formula is C20H20N4O2. The van der Waals surface area contributed by atoms with Crippen LogP contribution >= 0.6 is 0 Å². The Morgan fingerprint density at radius 3 is 2.42 bits per heavy atom. The summed E-state index contributed by atoms with van der Waals surface area (Å²) in [6.45, 7) is 3.73. The summed E-state index contributed by atoms with van der Waals surface area (Å²) in [5.74, 6) is 1.56. The van der Waals surface area contributed by atoms with E-state index >= 15 is 0 Å². The van der Waals surface area contributed by atoms with Crippen LogP contribution in [0.5, 0.6) is 5.75 Å². The zero-order chi connectivity index (χ0) is 18.5. The van der Waals surface area contributed by atoms with Gasteiger partial charge in [0.25, 0.3) is 5.91 Å². The normalized spacial score (nSPS) is 10.3. The van der Waals surface area contributed by atoms with Gasteiger partial charge in [-0.2, -0.15) is 0 Å². The van der Waals surface area contributed by atoms with Crippen LogP contribution in [0.2, 0.25) is 0 Å². The summed E-state index contributed by atoms with van der Waals surface area (Å²) >= 11 is 0. The van der Waals surface area contributed by atoms with Gasteiger partial charge >= 0.3 is 0 Å². The highest BCUT2D eigenvalue weighted by Gasteiger charge is 2.11. The predicted molar refractivity (Wildman–Crippen MR) is 102 cm³/mol. The summed E-state index contributed by atoms with van der Waals surface area (Å²) < 4.78 is 5.15. The molecule has 26 heavy (non-hydrogen) atoms. The minimum Gasteiger partial charge on any atom is -0.497 e. The zero-order valence-corrected chi connectivity index (χ0v) is 14.9. The van der Waals surface area contributed by atoms with Gasteiger partial charge in [0.1, 0.15) is 23.1 Å². The van der Waals surface area contributed by atoms with E-state index in [1.165, 1.54) is 0 Å². The standard InChI is InChI=1S/C20H20N4O2/c1-13-5-4-6-16(11-13)24-20(25)18-12-19(22-14(2)21-18)23-15-7-9-17(26-3)10-8-15/h4-12H,1-3H3,(H,24,25)(H,21,22,23). The second-order valence-electron chi connectivity index (χ2n) is 5.86. The van der Waals surface area contributed by atoms with Gasteiger partial charge < -0.3 is 15.4 Å². The lowest BCUT2D eigenvalue weighted by atomic mass is 10.2. The van der Waals surface area contributed by atoms with E-state index in [2.05, 4.69) is 20.6 Å². The Balaban J connectivity index is 1.79. The summed E-state index contributed by atoms with van der Waals surface area (Å²) in [5, 5.41) is 6.04. The number of ether oxygens (including phenoxy) is 1. The van der Waals surface area contributed by atoms with Crippen LogP contribution in [0.3, 0.4) is 0 Å². The third kappa shape index (κ3) is 4.36. The number of rotatable bonds is 5. The molecule has 0 radical (unpaired) electrons. The van der Waals surface area contributed by atoms with Crippen molar-refractivity contribution >= 4 is 23.1 Å². The Kier molecular flexibility index (Phi) is 5.12. The van der Waals surface area contributed by atoms with Crippen molar-refractivity contribution in [2.45, 2.75) is 13.8 Å². The van der Waals surface area contributed by atoms with Crippen molar-refractivity contribution in [2.24, 2.45) is 0 Å². The molecule has 0 saturated heterocycles. The molecule has 0 saturated carbocycles. The topological polar surface area (TPSA) is 76.1 Å². The molecule has 0 aliphatic rings. The fraction of sp³-hybridized carbons (Fsp3) is 0.150. The lowest BCUT2D eigenvalue weighted by Crippen LogP contribution is -2.15. The SMILES string of the molecule is COc1ccc(Nc2cc(C(=O)Nc3cccc(C)c3)nc(C)n2)cc1. The highest BCUT2D eigenvalue weighted by molar-refractivity contribution is 6.03. The largest absolute Gasteiger partial charge is 0.497 e. The molecule has 0 atom stereocenters. The van der Waals surface area contributed by atoms with Crippen LogP contribution in [-0.2, 0) is 0 Å². The molecule has 3 aromatic rings. The number of amides is 1. The number of aryl methyl sites for hydroxylation is 2. The molecule has 0 spiro atoms. The average molecular weight is 348 g/mol. The van der Waals surface area contributed by atoms with Gasteiger partial charge in [0, 0.05) is 17.4 Å². The maximum absolute atomic E-state index is 12.5. The number of hydrogen-bond acceptors (Lipinski definition) is 5. The van der Waals surface area contributed by atoms with E-state index in [4.69, 9.17) is 4.74 Å². The minimum atomic E-state index is -0.279. The average Bonchev–Trinajstić information content (AvgIpc) is 2.62. The van der Waals surface area contributed by atoms with Crippen molar-refractivity contribution in [2.75, 3.05) is 17.7 Å². The molecular weight excluding hydrogens is 328 g/mol. The second-order valence-corrected chi connectivity index (χ2v) is 5.86. The van der Waals surface area contributed by atoms with Gasteiger partial charge in [0.15, 0.2) is 0 Å². The number of aromatic nitrogens is 2. The van der Waals surface area contributed by atoms with Crippen LogP contribution < -0.4 is 15.4 Å². The maximum atomic E-state index is 12.5. The van der Waals surface area contributed by atoms with E-state index in [0.717, 1.165) is 22.7 Å². The van der Waals surface area contributed by atoms with Crippen molar-refractivity contribution < 1.29 is 9.53 Å². The molecule has 0 unspecified atom stereocenters. The van der Waals surface area contributed by atoms with Crippen molar-refractivity contribution in [3.8, 4) is 5.75 Å². The Morgan fingerprint density at radius 1 is 0.962 bits per heavy atom. The predicted octanol–water partition coefficient (Wildman–Crippen LogP) is 4.10. The molecule has 6 nitrogen and oxygen atoms in total. The van der Waals surface area contributed by atoms with Crippen LogP contribution in [-0.4, -0.2) is 23.0 Å². The molecule has 132 valence electrons. The van der Waals surface area contributed by atoms with Crippen molar-refractivity contribution in [1.29, 1.82) is 0 Å². The Morgan fingerprint density at radius 2 is 1.73 bits per heavy atom. The number of nitrogens with zero attached hydrogens (tertiary/aromatic N) is 2. The number of anilines is 3. The van der Waals surface area contributed by atoms with Crippen LogP contribution in [0, 0.1) is 13.8 Å². The van der Waals surface area contributed by atoms with Gasteiger partial charge in [-0.05, 0) is 55.8 Å². The van der Waals surface area contributed by atoms with E-state index in [9.17, 15) is 4.79 Å². The maximum Gasteiger partial charge on any atom is 0.274 e. The molecule has 0 bridgehead atoms. The van der Waals surface area contributed by atoms with E-state index in [-0.39, 0.29) is 5.91 Å². The summed E-state index contributed by atoms with van der Waals surface area (Å²) in [4.78, 5) is 21.1. The molecule has 1 heterocycles. The third-order valence-corrected chi connectivity index (χ3v) is 3.71. The molecule has 2 N–H and O–H groups in total. The van der Waals surface area contributed by atoms with E-state index in [0.29, 0.717) is 17.3 Å². The number of carbonyl (C=O) groups is 1. The van der Waals surface area contributed by atoms with E-state index in [1.807, 2.05) is 55.5 Å². The monoisotopic (exact) mass is 348 g/mol. The third-order valence-electron chi connectivity index (χ3n) is 3.71. The minimum absolute atomic E-state index is 0.279. The first-order chi connectivity index (χ1) is 12.5. The van der Waals surface area contributed by atoms with Crippen LogP contribution in [0.1, 0.15) is 21.9 Å². The molecule has 1 aromatic heterocycles. The van der Waals surface area contributed by atoms with Gasteiger partial charge in [0.05, 0.1) is 7.11 Å². The Labute approximate surface area is 152 Å². The Hall–Kier alpha value is -3.41. The quantitative estimate of drug-likeness (QED) is 0.726. The van der Waals surface area contributed by atoms with Crippen LogP contribution in [0.25, 0.3) is 0 Å². The van der Waals surface area contributed by atoms with Gasteiger partial charge in [-0.3, -0.25) is 4.79 Å². The van der Waals surface area contributed by atoms with E-state index in [1.54, 1.807) is 20.1 Å². The van der Waals surface area contributed by atoms with Crippen LogP contribution in [0.4, 0.5) is 17.2 Å². The first kappa shape index (κ1) is 17.4. The highest BCUT2D eigenvalue weighted by atomic mass is 16.5. The van der Waals surface area contributed by atoms with Gasteiger partial charge in [-0.1, -0.05) is 12.1 Å². The van der Waals surface area contributed by atoms with Crippen LogP contribution in [0.15, 0.2) is 54.6 Å². The van der Waals surface area contributed by atoms with Crippen molar-refractivity contribution in [1.82, 2.24) is 9.97 Å². The number of methoxy groups -OCH3 is 1. The number of hydrogen-bond donors (Lipinski definition) is 2. The smallest absolute Gasteiger partial charge is 0.274 e. The lowest BCUT2D eigenvalue weighted by molar-refractivity contribution is 0.102. The lowest BCUT2D eigenvalue weighted by Gasteiger charge is -2.10. The fourth-order valence-corrected chi connectivity index (χ4v) is 2.49. The summed E-state index contributed by atoms with van der Waals surface area (Å²) in [5.41, 5.74) is 2.95. The molecule has 6 heteroatoms. The molecule has 3 rings (SSSR count). The summed E-state index contributed by atoms with van der Waals surface area (Å²) in [6, 6.07) is 16.7. The number of carbonyl (C=O) groups excluding carboxylic acids is 1. The van der Waals surface area contributed by atoms with Crippen molar-refractivity contribution in [3.63, 3.8) is 0 Å². The molecule has 2 aromatic carbocycles. The number of benzene rings is 2.